The Morgan fingerprint density at radius 1 is 1.44 bits per heavy atom. The number of rotatable bonds is 3. The molecule has 1 aromatic heterocycles. The smallest absolute Gasteiger partial charge is 0.169 e. The first kappa shape index (κ1) is 11.0. The lowest BCUT2D eigenvalue weighted by Gasteiger charge is -2.11. The van der Waals surface area contributed by atoms with E-state index in [0.29, 0.717) is 6.42 Å². The standard InChI is InChI=1S/C13H14FNO/c14-12-9-15-7-6-11(12)13(16)8-10-4-2-1-3-5-10/h4,6-7,9H,1-3,5,8H2. The molecule has 16 heavy (non-hydrogen) atoms. The number of allylic oxidation sites excluding steroid dienone is 2. The van der Waals surface area contributed by atoms with Gasteiger partial charge in [0.25, 0.3) is 0 Å². The van der Waals surface area contributed by atoms with Crippen LogP contribution in [-0.2, 0) is 0 Å². The van der Waals surface area contributed by atoms with E-state index in [9.17, 15) is 9.18 Å². The van der Waals surface area contributed by atoms with Crippen molar-refractivity contribution in [2.24, 2.45) is 0 Å². The second-order valence-electron chi connectivity index (χ2n) is 4.06. The third-order valence-electron chi connectivity index (χ3n) is 2.85. The van der Waals surface area contributed by atoms with Crippen LogP contribution in [0.3, 0.4) is 0 Å². The number of carbonyl (C=O) groups is 1. The van der Waals surface area contributed by atoms with Gasteiger partial charge >= 0.3 is 0 Å². The number of carbonyl (C=O) groups excluding carboxylic acids is 1. The lowest BCUT2D eigenvalue weighted by atomic mass is 9.94. The maximum Gasteiger partial charge on any atom is 0.169 e. The van der Waals surface area contributed by atoms with Crippen LogP contribution < -0.4 is 0 Å². The molecular formula is C13H14FNO. The van der Waals surface area contributed by atoms with E-state index in [1.54, 1.807) is 0 Å². The van der Waals surface area contributed by atoms with Crippen LogP contribution in [0, 0.1) is 5.82 Å². The number of ketones is 1. The second-order valence-corrected chi connectivity index (χ2v) is 4.06. The van der Waals surface area contributed by atoms with E-state index >= 15 is 0 Å². The Labute approximate surface area is 94.2 Å². The Hall–Kier alpha value is -1.51. The molecule has 0 saturated heterocycles. The monoisotopic (exact) mass is 219 g/mol. The van der Waals surface area contributed by atoms with Gasteiger partial charge < -0.3 is 0 Å². The van der Waals surface area contributed by atoms with Crippen molar-refractivity contribution in [1.29, 1.82) is 0 Å². The number of Topliss-reactive ketones (excluding diaryl/α,β-unsaturated/α-hetero) is 1. The second kappa shape index (κ2) is 5.01. The Morgan fingerprint density at radius 2 is 2.31 bits per heavy atom. The minimum atomic E-state index is -0.524. The zero-order valence-corrected chi connectivity index (χ0v) is 9.08. The van der Waals surface area contributed by atoms with Crippen LogP contribution >= 0.6 is 0 Å². The van der Waals surface area contributed by atoms with Crippen molar-refractivity contribution in [2.75, 3.05) is 0 Å². The maximum atomic E-state index is 13.3. The molecule has 0 aromatic carbocycles. The normalized spacial score (nSPS) is 15.7. The van der Waals surface area contributed by atoms with Gasteiger partial charge in [-0.3, -0.25) is 9.78 Å². The summed E-state index contributed by atoms with van der Waals surface area (Å²) in [6.07, 6.45) is 9.34. The third-order valence-corrected chi connectivity index (χ3v) is 2.85. The lowest BCUT2D eigenvalue weighted by molar-refractivity contribution is 0.0987. The molecule has 1 aromatic rings. The first-order valence-electron chi connectivity index (χ1n) is 5.58. The van der Waals surface area contributed by atoms with Gasteiger partial charge in [0.05, 0.1) is 11.8 Å². The topological polar surface area (TPSA) is 30.0 Å². The van der Waals surface area contributed by atoms with Crippen LogP contribution in [0.5, 0.6) is 0 Å². The Morgan fingerprint density at radius 3 is 3.00 bits per heavy atom. The quantitative estimate of drug-likeness (QED) is 0.576. The minimum Gasteiger partial charge on any atom is -0.294 e. The van der Waals surface area contributed by atoms with Crippen molar-refractivity contribution in [3.63, 3.8) is 0 Å². The van der Waals surface area contributed by atoms with Crippen LogP contribution in [0.25, 0.3) is 0 Å². The summed E-state index contributed by atoms with van der Waals surface area (Å²) in [4.78, 5) is 15.5. The van der Waals surface area contributed by atoms with Gasteiger partial charge in [0.1, 0.15) is 0 Å². The molecule has 0 unspecified atom stereocenters. The van der Waals surface area contributed by atoms with Gasteiger partial charge in [-0.25, -0.2) is 4.39 Å². The minimum absolute atomic E-state index is 0.145. The van der Waals surface area contributed by atoms with Gasteiger partial charge in [-0.1, -0.05) is 11.6 Å². The molecule has 0 bridgehead atoms. The zero-order valence-electron chi connectivity index (χ0n) is 9.08. The molecule has 0 fully saturated rings. The fraction of sp³-hybridized carbons (Fsp3) is 0.385. The summed E-state index contributed by atoms with van der Waals surface area (Å²) >= 11 is 0. The van der Waals surface area contributed by atoms with E-state index in [2.05, 4.69) is 11.1 Å². The number of hydrogen-bond acceptors (Lipinski definition) is 2. The molecule has 0 spiro atoms. The van der Waals surface area contributed by atoms with Crippen molar-refractivity contribution in [1.82, 2.24) is 4.98 Å². The average molecular weight is 219 g/mol. The summed E-state index contributed by atoms with van der Waals surface area (Å²) < 4.78 is 13.3. The fourth-order valence-corrected chi connectivity index (χ4v) is 1.97. The maximum absolute atomic E-state index is 13.3. The van der Waals surface area contributed by atoms with E-state index in [4.69, 9.17) is 0 Å². The molecule has 0 amide bonds. The molecule has 1 aliphatic rings. The number of nitrogens with zero attached hydrogens (tertiary/aromatic N) is 1. The van der Waals surface area contributed by atoms with Crippen LogP contribution in [0.1, 0.15) is 42.5 Å². The van der Waals surface area contributed by atoms with Gasteiger partial charge in [0.15, 0.2) is 11.6 Å². The van der Waals surface area contributed by atoms with Crippen molar-refractivity contribution >= 4 is 5.78 Å². The Balaban J connectivity index is 2.08. The highest BCUT2D eigenvalue weighted by atomic mass is 19.1. The first-order valence-corrected chi connectivity index (χ1v) is 5.58. The summed E-state index contributed by atoms with van der Waals surface area (Å²) in [5.74, 6) is -0.669. The molecule has 3 heteroatoms. The van der Waals surface area contributed by atoms with E-state index in [1.807, 2.05) is 0 Å². The summed E-state index contributed by atoms with van der Waals surface area (Å²) in [6, 6.07) is 1.45. The molecular weight excluding hydrogens is 205 g/mol. The van der Waals surface area contributed by atoms with Crippen LogP contribution in [0.4, 0.5) is 4.39 Å². The molecule has 2 rings (SSSR count). The van der Waals surface area contributed by atoms with Gasteiger partial charge in [-0.15, -0.1) is 0 Å². The number of pyridine rings is 1. The highest BCUT2D eigenvalue weighted by Crippen LogP contribution is 2.22. The highest BCUT2D eigenvalue weighted by Gasteiger charge is 2.14. The molecule has 1 heterocycles. The zero-order chi connectivity index (χ0) is 11.4. The molecule has 0 N–H and O–H groups in total. The molecule has 0 radical (unpaired) electrons. The molecule has 0 aliphatic heterocycles. The molecule has 0 saturated carbocycles. The Bertz CT molecular complexity index is 426. The lowest BCUT2D eigenvalue weighted by Crippen LogP contribution is -2.05. The molecule has 1 aliphatic carbocycles. The van der Waals surface area contributed by atoms with Crippen LogP contribution in [0.2, 0.25) is 0 Å². The first-order chi connectivity index (χ1) is 7.77. The van der Waals surface area contributed by atoms with Crippen LogP contribution in [-0.4, -0.2) is 10.8 Å². The van der Waals surface area contributed by atoms with Gasteiger partial charge in [0, 0.05) is 12.6 Å². The summed E-state index contributed by atoms with van der Waals surface area (Å²) in [6.45, 7) is 0. The van der Waals surface area contributed by atoms with Gasteiger partial charge in [-0.2, -0.15) is 0 Å². The number of hydrogen-bond donors (Lipinski definition) is 0. The molecule has 0 atom stereocenters. The molecule has 84 valence electrons. The Kier molecular flexibility index (Phi) is 3.44. The third kappa shape index (κ3) is 2.54. The fourth-order valence-electron chi connectivity index (χ4n) is 1.97. The van der Waals surface area contributed by atoms with E-state index < -0.39 is 5.82 Å². The molecule has 2 nitrogen and oxygen atoms in total. The van der Waals surface area contributed by atoms with Crippen molar-refractivity contribution < 1.29 is 9.18 Å². The summed E-state index contributed by atoms with van der Waals surface area (Å²) in [5, 5.41) is 0. The van der Waals surface area contributed by atoms with Crippen molar-refractivity contribution in [2.45, 2.75) is 32.1 Å². The number of halogens is 1. The highest BCUT2D eigenvalue weighted by molar-refractivity contribution is 5.97. The SMILES string of the molecule is O=C(CC1=CCCCC1)c1ccncc1F. The van der Waals surface area contributed by atoms with Gasteiger partial charge in [-0.05, 0) is 31.7 Å². The number of aromatic nitrogens is 1. The van der Waals surface area contributed by atoms with Crippen molar-refractivity contribution in [3.05, 3.63) is 41.5 Å². The van der Waals surface area contributed by atoms with Crippen molar-refractivity contribution in [3.8, 4) is 0 Å². The largest absolute Gasteiger partial charge is 0.294 e. The summed E-state index contributed by atoms with van der Waals surface area (Å²) in [7, 11) is 0. The average Bonchev–Trinajstić information content (AvgIpc) is 2.31. The van der Waals surface area contributed by atoms with E-state index in [-0.39, 0.29) is 11.3 Å². The summed E-state index contributed by atoms with van der Waals surface area (Å²) in [5.41, 5.74) is 1.30. The van der Waals surface area contributed by atoms with Crippen LogP contribution in [0.15, 0.2) is 30.1 Å². The predicted octanol–water partition coefficient (Wildman–Crippen LogP) is 3.29. The van der Waals surface area contributed by atoms with E-state index in [1.165, 1.54) is 18.7 Å². The van der Waals surface area contributed by atoms with E-state index in [0.717, 1.165) is 31.0 Å². The predicted molar refractivity (Wildman–Crippen MR) is 59.7 cm³/mol. The van der Waals surface area contributed by atoms with Gasteiger partial charge in [0.2, 0.25) is 0 Å².